The maximum Gasteiger partial charge on any atom is 0.251 e. The molecule has 0 aromatic carbocycles. The van der Waals surface area contributed by atoms with Crippen LogP contribution in [0.2, 0.25) is 0 Å². The summed E-state index contributed by atoms with van der Waals surface area (Å²) in [7, 11) is 0. The van der Waals surface area contributed by atoms with E-state index in [0.29, 0.717) is 19.4 Å². The highest BCUT2D eigenvalue weighted by molar-refractivity contribution is 4.70. The molecule has 0 aliphatic carbocycles. The number of nitriles is 1. The maximum absolute atomic E-state index is 11.9. The summed E-state index contributed by atoms with van der Waals surface area (Å²) in [5, 5.41) is 16.8. The van der Waals surface area contributed by atoms with Gasteiger partial charge in [-0.3, -0.25) is 4.90 Å². The Bertz CT molecular complexity index is 159. The van der Waals surface area contributed by atoms with Gasteiger partial charge in [0.2, 0.25) is 0 Å². The highest BCUT2D eigenvalue weighted by Gasteiger charge is 2.10. The van der Waals surface area contributed by atoms with Crippen LogP contribution in [0.15, 0.2) is 0 Å². The third kappa shape index (κ3) is 7.62. The van der Waals surface area contributed by atoms with Crippen LogP contribution in [0.25, 0.3) is 0 Å². The second kappa shape index (κ2) is 7.90. The van der Waals surface area contributed by atoms with E-state index in [-0.39, 0.29) is 19.7 Å². The lowest BCUT2D eigenvalue weighted by Gasteiger charge is -2.19. The van der Waals surface area contributed by atoms with Gasteiger partial charge in [0.05, 0.1) is 19.2 Å². The van der Waals surface area contributed by atoms with Crippen molar-refractivity contribution in [3.8, 4) is 6.07 Å². The topological polar surface area (TPSA) is 47.3 Å². The highest BCUT2D eigenvalue weighted by atomic mass is 19.3. The van der Waals surface area contributed by atoms with E-state index in [9.17, 15) is 8.78 Å². The first kappa shape index (κ1) is 12.3. The second-order valence-corrected chi connectivity index (χ2v) is 2.68. The lowest BCUT2D eigenvalue weighted by Crippen LogP contribution is -2.32. The molecule has 0 heterocycles. The SMILES string of the molecule is N#CCCCN(CCO)CC(F)F. The first-order valence-corrected chi connectivity index (χ1v) is 4.19. The van der Waals surface area contributed by atoms with E-state index in [1.807, 2.05) is 6.07 Å². The van der Waals surface area contributed by atoms with Crippen molar-refractivity contribution in [1.82, 2.24) is 4.90 Å². The normalized spacial score (nSPS) is 10.8. The Hall–Kier alpha value is -0.730. The minimum Gasteiger partial charge on any atom is -0.395 e. The lowest BCUT2D eigenvalue weighted by molar-refractivity contribution is 0.0780. The van der Waals surface area contributed by atoms with Crippen LogP contribution >= 0.6 is 0 Å². The molecule has 0 bridgehead atoms. The molecule has 0 radical (unpaired) electrons. The molecule has 0 rings (SSSR count). The van der Waals surface area contributed by atoms with Crippen LogP contribution in [-0.4, -0.2) is 42.7 Å². The summed E-state index contributed by atoms with van der Waals surface area (Å²) in [4.78, 5) is 1.46. The molecule has 0 aliphatic heterocycles. The van der Waals surface area contributed by atoms with Crippen molar-refractivity contribution in [3.05, 3.63) is 0 Å². The van der Waals surface area contributed by atoms with Gasteiger partial charge in [-0.25, -0.2) is 8.78 Å². The molecule has 0 amide bonds. The van der Waals surface area contributed by atoms with Gasteiger partial charge in [-0.15, -0.1) is 0 Å². The summed E-state index contributed by atoms with van der Waals surface area (Å²) < 4.78 is 23.9. The molecule has 76 valence electrons. The number of aliphatic hydroxyl groups excluding tert-OH is 1. The molecule has 0 saturated heterocycles. The molecule has 0 atom stereocenters. The zero-order valence-corrected chi connectivity index (χ0v) is 7.42. The summed E-state index contributed by atoms with van der Waals surface area (Å²) in [5.74, 6) is 0. The number of unbranched alkanes of at least 4 members (excludes halogenated alkanes) is 1. The van der Waals surface area contributed by atoms with Crippen molar-refractivity contribution in [2.24, 2.45) is 0 Å². The van der Waals surface area contributed by atoms with Gasteiger partial charge < -0.3 is 5.11 Å². The van der Waals surface area contributed by atoms with Crippen molar-refractivity contribution in [2.75, 3.05) is 26.2 Å². The minimum atomic E-state index is -2.38. The van der Waals surface area contributed by atoms with Gasteiger partial charge in [0, 0.05) is 13.0 Å². The standard InChI is InChI=1S/C8H14F2N2O/c9-8(10)7-12(5-6-13)4-2-1-3-11/h8,13H,1-2,4-7H2. The van der Waals surface area contributed by atoms with Gasteiger partial charge in [0.25, 0.3) is 6.43 Å². The molecule has 5 heteroatoms. The summed E-state index contributed by atoms with van der Waals surface area (Å²) >= 11 is 0. The molecular weight excluding hydrogens is 178 g/mol. The predicted molar refractivity (Wildman–Crippen MR) is 44.4 cm³/mol. The second-order valence-electron chi connectivity index (χ2n) is 2.68. The Labute approximate surface area is 76.6 Å². The molecule has 1 N–H and O–H groups in total. The van der Waals surface area contributed by atoms with Gasteiger partial charge in [0.15, 0.2) is 0 Å². The quantitative estimate of drug-likeness (QED) is 0.608. The Morgan fingerprint density at radius 2 is 2.08 bits per heavy atom. The molecule has 13 heavy (non-hydrogen) atoms. The summed E-state index contributed by atoms with van der Waals surface area (Å²) in [6.45, 7) is 0.236. The third-order valence-electron chi connectivity index (χ3n) is 1.58. The number of hydrogen-bond acceptors (Lipinski definition) is 3. The van der Waals surface area contributed by atoms with Crippen LogP contribution < -0.4 is 0 Å². The van der Waals surface area contributed by atoms with Crippen LogP contribution in [0.5, 0.6) is 0 Å². The van der Waals surface area contributed by atoms with Crippen molar-refractivity contribution in [2.45, 2.75) is 19.3 Å². The molecule has 0 aromatic rings. The van der Waals surface area contributed by atoms with E-state index >= 15 is 0 Å². The summed E-state index contributed by atoms with van der Waals surface area (Å²) in [6.07, 6.45) is -1.44. The number of aliphatic hydroxyl groups is 1. The zero-order chi connectivity index (χ0) is 10.1. The number of alkyl halides is 2. The van der Waals surface area contributed by atoms with Crippen LogP contribution in [0, 0.1) is 11.3 Å². The van der Waals surface area contributed by atoms with Crippen LogP contribution in [-0.2, 0) is 0 Å². The molecule has 0 aromatic heterocycles. The molecule has 0 unspecified atom stereocenters. The van der Waals surface area contributed by atoms with E-state index in [4.69, 9.17) is 10.4 Å². The molecular formula is C8H14F2N2O. The van der Waals surface area contributed by atoms with Gasteiger partial charge in [-0.1, -0.05) is 0 Å². The number of nitrogens with zero attached hydrogens (tertiary/aromatic N) is 2. The fourth-order valence-electron chi connectivity index (χ4n) is 1.01. The first-order valence-electron chi connectivity index (χ1n) is 4.19. The van der Waals surface area contributed by atoms with E-state index in [2.05, 4.69) is 0 Å². The fourth-order valence-corrected chi connectivity index (χ4v) is 1.01. The monoisotopic (exact) mass is 192 g/mol. The lowest BCUT2D eigenvalue weighted by atomic mass is 10.3. The molecule has 0 fully saturated rings. The van der Waals surface area contributed by atoms with Gasteiger partial charge >= 0.3 is 0 Å². The Balaban J connectivity index is 3.61. The average Bonchev–Trinajstić information content (AvgIpc) is 2.04. The Morgan fingerprint density at radius 3 is 2.54 bits per heavy atom. The average molecular weight is 192 g/mol. The van der Waals surface area contributed by atoms with Crippen molar-refractivity contribution in [1.29, 1.82) is 5.26 Å². The number of rotatable bonds is 7. The maximum atomic E-state index is 11.9. The Morgan fingerprint density at radius 1 is 1.38 bits per heavy atom. The molecule has 3 nitrogen and oxygen atoms in total. The van der Waals surface area contributed by atoms with E-state index in [0.717, 1.165) is 0 Å². The Kier molecular flexibility index (Phi) is 7.45. The predicted octanol–water partition coefficient (Wildman–Crippen LogP) is 0.850. The number of hydrogen-bond donors (Lipinski definition) is 1. The van der Waals surface area contributed by atoms with Crippen molar-refractivity contribution >= 4 is 0 Å². The van der Waals surface area contributed by atoms with Crippen LogP contribution in [0.4, 0.5) is 8.78 Å². The van der Waals surface area contributed by atoms with Crippen molar-refractivity contribution in [3.63, 3.8) is 0 Å². The van der Waals surface area contributed by atoms with Gasteiger partial charge in [-0.2, -0.15) is 5.26 Å². The molecule has 0 saturated carbocycles. The van der Waals surface area contributed by atoms with Crippen LogP contribution in [0.1, 0.15) is 12.8 Å². The van der Waals surface area contributed by atoms with Gasteiger partial charge in [-0.05, 0) is 13.0 Å². The summed E-state index contributed by atoms with van der Waals surface area (Å²) in [6, 6.07) is 1.94. The fraction of sp³-hybridized carbons (Fsp3) is 0.875. The first-order chi connectivity index (χ1) is 6.20. The third-order valence-corrected chi connectivity index (χ3v) is 1.58. The highest BCUT2D eigenvalue weighted by Crippen LogP contribution is 2.00. The van der Waals surface area contributed by atoms with Gasteiger partial charge in [0.1, 0.15) is 0 Å². The van der Waals surface area contributed by atoms with E-state index < -0.39 is 6.43 Å². The minimum absolute atomic E-state index is 0.126. The molecule has 0 spiro atoms. The van der Waals surface area contributed by atoms with Crippen molar-refractivity contribution < 1.29 is 13.9 Å². The zero-order valence-electron chi connectivity index (χ0n) is 7.42. The van der Waals surface area contributed by atoms with E-state index in [1.54, 1.807) is 0 Å². The van der Waals surface area contributed by atoms with Crippen LogP contribution in [0.3, 0.4) is 0 Å². The largest absolute Gasteiger partial charge is 0.395 e. The summed E-state index contributed by atoms with van der Waals surface area (Å²) in [5.41, 5.74) is 0. The number of halogens is 2. The molecule has 0 aliphatic rings. The smallest absolute Gasteiger partial charge is 0.251 e. The van der Waals surface area contributed by atoms with E-state index in [1.165, 1.54) is 4.90 Å².